The number of likely N-dealkylation sites (tertiary alicyclic amines) is 1. The quantitative estimate of drug-likeness (QED) is 0.913. The Hall–Kier alpha value is -2.82. The molecule has 0 aromatic heterocycles. The Kier molecular flexibility index (Phi) is 4.02. The molecular formula is C18H17NO4. The number of carboxylic acid groups (broad SMARTS) is 1. The lowest BCUT2D eigenvalue weighted by atomic mass is 10.00. The fourth-order valence-corrected chi connectivity index (χ4v) is 2.84. The molecule has 2 N–H and O–H groups in total. The third-order valence-electron chi connectivity index (χ3n) is 4.00. The van der Waals surface area contributed by atoms with Crippen molar-refractivity contribution in [2.24, 2.45) is 0 Å². The number of aromatic hydroxyl groups is 1. The Morgan fingerprint density at radius 3 is 2.30 bits per heavy atom. The minimum absolute atomic E-state index is 0.0104. The molecule has 1 heterocycles. The first-order chi connectivity index (χ1) is 11.0. The number of phenols is 1. The molecule has 1 amide bonds. The summed E-state index contributed by atoms with van der Waals surface area (Å²) in [6.45, 7) is 1.55. The Morgan fingerprint density at radius 2 is 1.61 bits per heavy atom. The van der Waals surface area contributed by atoms with E-state index in [-0.39, 0.29) is 17.2 Å². The lowest BCUT2D eigenvalue weighted by molar-refractivity contribution is 0.0695. The fraction of sp³-hybridized carbons (Fsp3) is 0.222. The maximum Gasteiger partial charge on any atom is 0.335 e. The van der Waals surface area contributed by atoms with Gasteiger partial charge in [0.1, 0.15) is 5.75 Å². The van der Waals surface area contributed by atoms with Crippen LogP contribution in [0.15, 0.2) is 42.5 Å². The van der Waals surface area contributed by atoms with Gasteiger partial charge in [0.2, 0.25) is 0 Å². The number of amides is 1. The maximum atomic E-state index is 12.5. The predicted molar refractivity (Wildman–Crippen MR) is 85.6 cm³/mol. The van der Waals surface area contributed by atoms with Gasteiger partial charge in [0.25, 0.3) is 5.91 Å². The third kappa shape index (κ3) is 3.18. The summed E-state index contributed by atoms with van der Waals surface area (Å²) in [6.07, 6.45) is 2.06. The van der Waals surface area contributed by atoms with E-state index in [0.717, 1.165) is 25.9 Å². The zero-order chi connectivity index (χ0) is 16.4. The van der Waals surface area contributed by atoms with Gasteiger partial charge in [-0.05, 0) is 54.3 Å². The molecule has 0 radical (unpaired) electrons. The minimum Gasteiger partial charge on any atom is -0.508 e. The molecule has 5 nitrogen and oxygen atoms in total. The predicted octanol–water partition coefficient (Wildman–Crippen LogP) is 2.99. The van der Waals surface area contributed by atoms with E-state index in [1.54, 1.807) is 24.3 Å². The van der Waals surface area contributed by atoms with Crippen molar-refractivity contribution in [1.82, 2.24) is 4.90 Å². The average Bonchev–Trinajstić information content (AvgIpc) is 3.08. The van der Waals surface area contributed by atoms with Crippen LogP contribution in [0.25, 0.3) is 11.1 Å². The number of hydrogen-bond acceptors (Lipinski definition) is 3. The van der Waals surface area contributed by atoms with Gasteiger partial charge in [-0.2, -0.15) is 0 Å². The second-order valence-corrected chi connectivity index (χ2v) is 5.65. The molecule has 1 aliphatic heterocycles. The van der Waals surface area contributed by atoms with Crippen LogP contribution >= 0.6 is 0 Å². The highest BCUT2D eigenvalue weighted by molar-refractivity contribution is 5.96. The van der Waals surface area contributed by atoms with Gasteiger partial charge in [-0.3, -0.25) is 4.79 Å². The summed E-state index contributed by atoms with van der Waals surface area (Å²) >= 11 is 0. The molecule has 1 saturated heterocycles. The first-order valence-electron chi connectivity index (χ1n) is 7.51. The maximum absolute atomic E-state index is 12.5. The number of benzene rings is 2. The van der Waals surface area contributed by atoms with Crippen molar-refractivity contribution in [3.63, 3.8) is 0 Å². The van der Waals surface area contributed by atoms with E-state index in [0.29, 0.717) is 16.7 Å². The standard InChI is InChI=1S/C18H17NO4/c20-16-10-14(9-15(11-16)18(22)23)12-4-3-5-13(8-12)17(21)19-6-1-2-7-19/h3-5,8-11,20H,1-2,6-7H2,(H,22,23). The van der Waals surface area contributed by atoms with Gasteiger partial charge >= 0.3 is 5.97 Å². The van der Waals surface area contributed by atoms with Crippen LogP contribution in [-0.2, 0) is 0 Å². The van der Waals surface area contributed by atoms with Crippen molar-refractivity contribution in [3.05, 3.63) is 53.6 Å². The van der Waals surface area contributed by atoms with E-state index in [4.69, 9.17) is 5.11 Å². The summed E-state index contributed by atoms with van der Waals surface area (Å²) in [7, 11) is 0. The second kappa shape index (κ2) is 6.12. The van der Waals surface area contributed by atoms with Gasteiger partial charge < -0.3 is 15.1 Å². The summed E-state index contributed by atoms with van der Waals surface area (Å²) in [5, 5.41) is 18.8. The number of carbonyl (C=O) groups excluding carboxylic acids is 1. The molecular weight excluding hydrogens is 294 g/mol. The number of phenolic OH excluding ortho intramolecular Hbond substituents is 1. The second-order valence-electron chi connectivity index (χ2n) is 5.65. The number of carbonyl (C=O) groups is 2. The third-order valence-corrected chi connectivity index (χ3v) is 4.00. The molecule has 2 aromatic rings. The molecule has 5 heteroatoms. The van der Waals surface area contributed by atoms with Crippen molar-refractivity contribution in [2.45, 2.75) is 12.8 Å². The summed E-state index contributed by atoms with van der Waals surface area (Å²) in [5.74, 6) is -1.23. The molecule has 2 aromatic carbocycles. The minimum atomic E-state index is -1.11. The van der Waals surface area contributed by atoms with Crippen molar-refractivity contribution < 1.29 is 19.8 Å². The SMILES string of the molecule is O=C(O)c1cc(O)cc(-c2cccc(C(=O)N3CCCC3)c2)c1. The molecule has 0 unspecified atom stereocenters. The largest absolute Gasteiger partial charge is 0.508 e. The smallest absolute Gasteiger partial charge is 0.335 e. The Morgan fingerprint density at radius 1 is 0.913 bits per heavy atom. The van der Waals surface area contributed by atoms with Gasteiger partial charge in [-0.25, -0.2) is 4.79 Å². The zero-order valence-corrected chi connectivity index (χ0v) is 12.5. The van der Waals surface area contributed by atoms with Gasteiger partial charge in [0, 0.05) is 18.7 Å². The van der Waals surface area contributed by atoms with E-state index in [2.05, 4.69) is 0 Å². The van der Waals surface area contributed by atoms with Gasteiger partial charge in [-0.1, -0.05) is 12.1 Å². The van der Waals surface area contributed by atoms with Gasteiger partial charge in [0.05, 0.1) is 5.56 Å². The summed E-state index contributed by atoms with van der Waals surface area (Å²) in [6, 6.07) is 11.2. The summed E-state index contributed by atoms with van der Waals surface area (Å²) in [5.41, 5.74) is 1.85. The lowest BCUT2D eigenvalue weighted by Crippen LogP contribution is -2.27. The van der Waals surface area contributed by atoms with Gasteiger partial charge in [-0.15, -0.1) is 0 Å². The molecule has 0 aliphatic carbocycles. The molecule has 23 heavy (non-hydrogen) atoms. The summed E-state index contributed by atoms with van der Waals surface area (Å²) < 4.78 is 0. The monoisotopic (exact) mass is 311 g/mol. The van der Waals surface area contributed by atoms with Crippen LogP contribution in [0.3, 0.4) is 0 Å². The van der Waals surface area contributed by atoms with Crippen LogP contribution in [0.1, 0.15) is 33.6 Å². The van der Waals surface area contributed by atoms with Crippen LogP contribution < -0.4 is 0 Å². The molecule has 1 aliphatic rings. The Balaban J connectivity index is 1.96. The molecule has 0 bridgehead atoms. The molecule has 118 valence electrons. The number of aromatic carboxylic acids is 1. The number of nitrogens with zero attached hydrogens (tertiary/aromatic N) is 1. The van der Waals surface area contributed by atoms with Crippen LogP contribution in [0.5, 0.6) is 5.75 Å². The number of carboxylic acids is 1. The van der Waals surface area contributed by atoms with Crippen LogP contribution in [-0.4, -0.2) is 40.1 Å². The lowest BCUT2D eigenvalue weighted by Gasteiger charge is -2.15. The normalized spacial score (nSPS) is 14.0. The molecule has 0 saturated carbocycles. The molecule has 3 rings (SSSR count). The van der Waals surface area contributed by atoms with Crippen molar-refractivity contribution in [3.8, 4) is 16.9 Å². The van der Waals surface area contributed by atoms with Crippen LogP contribution in [0, 0.1) is 0 Å². The molecule has 0 atom stereocenters. The van der Waals surface area contributed by atoms with Gasteiger partial charge in [0.15, 0.2) is 0 Å². The first kappa shape index (κ1) is 15.1. The first-order valence-corrected chi connectivity index (χ1v) is 7.51. The average molecular weight is 311 g/mol. The van der Waals surface area contributed by atoms with Crippen LogP contribution in [0.2, 0.25) is 0 Å². The van der Waals surface area contributed by atoms with E-state index in [1.807, 2.05) is 4.90 Å². The van der Waals surface area contributed by atoms with E-state index in [9.17, 15) is 14.7 Å². The highest BCUT2D eigenvalue weighted by atomic mass is 16.4. The van der Waals surface area contributed by atoms with E-state index >= 15 is 0 Å². The highest BCUT2D eigenvalue weighted by Gasteiger charge is 2.19. The Labute approximate surface area is 133 Å². The Bertz CT molecular complexity index is 763. The van der Waals surface area contributed by atoms with E-state index < -0.39 is 5.97 Å². The van der Waals surface area contributed by atoms with E-state index in [1.165, 1.54) is 18.2 Å². The summed E-state index contributed by atoms with van der Waals surface area (Å²) in [4.78, 5) is 25.4. The highest BCUT2D eigenvalue weighted by Crippen LogP contribution is 2.27. The number of hydrogen-bond donors (Lipinski definition) is 2. The van der Waals surface area contributed by atoms with Crippen molar-refractivity contribution in [1.29, 1.82) is 0 Å². The topological polar surface area (TPSA) is 77.8 Å². The molecule has 0 spiro atoms. The van der Waals surface area contributed by atoms with Crippen LogP contribution in [0.4, 0.5) is 0 Å². The fourth-order valence-electron chi connectivity index (χ4n) is 2.84. The number of rotatable bonds is 3. The molecule has 1 fully saturated rings. The van der Waals surface area contributed by atoms with Crippen molar-refractivity contribution >= 4 is 11.9 Å². The van der Waals surface area contributed by atoms with Crippen molar-refractivity contribution in [2.75, 3.05) is 13.1 Å². The zero-order valence-electron chi connectivity index (χ0n) is 12.5.